The number of nitrogens with one attached hydrogen (secondary N) is 2. The molecule has 0 spiro atoms. The Bertz CT molecular complexity index is 598. The molecule has 0 saturated carbocycles. The first-order valence-corrected chi connectivity index (χ1v) is 11.0. The average molecular weight is 460 g/mol. The van der Waals surface area contributed by atoms with Crippen molar-refractivity contribution in [2.45, 2.75) is 72.6 Å². The number of Topliss-reactive ketones (excluding diaryl/α,β-unsaturated/α-hetero) is 1. The lowest BCUT2D eigenvalue weighted by molar-refractivity contribution is -0.306. The fourth-order valence-corrected chi connectivity index (χ4v) is 2.70. The van der Waals surface area contributed by atoms with Gasteiger partial charge in [0.05, 0.1) is 39.1 Å². The van der Waals surface area contributed by atoms with Gasteiger partial charge in [0.2, 0.25) is 11.8 Å². The van der Waals surface area contributed by atoms with E-state index in [1.165, 1.54) is 13.8 Å². The molecule has 2 N–H and O–H groups in total. The Kier molecular flexibility index (Phi) is 15.5. The summed E-state index contributed by atoms with van der Waals surface area (Å²) in [4.78, 5) is 45.4. The van der Waals surface area contributed by atoms with Crippen LogP contribution in [0.1, 0.15) is 54.4 Å². The first-order valence-electron chi connectivity index (χ1n) is 11.0. The quantitative estimate of drug-likeness (QED) is 0.269. The van der Waals surface area contributed by atoms with Gasteiger partial charge in [0.15, 0.2) is 0 Å². The molecule has 0 rings (SSSR count). The van der Waals surface area contributed by atoms with Crippen molar-refractivity contribution in [1.29, 1.82) is 0 Å². The molecular weight excluding hydrogens is 420 g/mol. The molecule has 5 atom stereocenters. The second-order valence-corrected chi connectivity index (χ2v) is 8.40. The highest BCUT2D eigenvalue weighted by atomic mass is 16.5. The highest BCUT2D eigenvalue weighted by molar-refractivity contribution is 5.85. The molecule has 0 aliphatic carbocycles. The topological polar surface area (TPSA) is 143 Å². The molecule has 0 aromatic heterocycles. The first kappa shape index (κ1) is 30.0. The minimum absolute atomic E-state index is 0.0192. The molecule has 0 heterocycles. The van der Waals surface area contributed by atoms with Crippen LogP contribution in [0.15, 0.2) is 0 Å². The van der Waals surface area contributed by atoms with Gasteiger partial charge in [0.25, 0.3) is 0 Å². The largest absolute Gasteiger partial charge is 0.550 e. The Balaban J connectivity index is 3.83. The molecule has 10 nitrogen and oxygen atoms in total. The van der Waals surface area contributed by atoms with Crippen LogP contribution in [0, 0.1) is 11.8 Å². The Morgan fingerprint density at radius 3 is 1.72 bits per heavy atom. The monoisotopic (exact) mass is 459 g/mol. The fraction of sp³-hybridized carbons (Fsp3) is 0.818. The number of hydrogen-bond acceptors (Lipinski definition) is 8. The van der Waals surface area contributed by atoms with Gasteiger partial charge < -0.3 is 39.5 Å². The van der Waals surface area contributed by atoms with Crippen molar-refractivity contribution in [1.82, 2.24) is 10.6 Å². The molecule has 2 amide bonds. The molecule has 10 heteroatoms. The highest BCUT2D eigenvalue weighted by Crippen LogP contribution is 2.04. The van der Waals surface area contributed by atoms with Crippen molar-refractivity contribution in [2.75, 3.05) is 33.0 Å². The lowest BCUT2D eigenvalue weighted by Crippen LogP contribution is -2.41. The third-order valence-electron chi connectivity index (χ3n) is 4.46. The molecule has 32 heavy (non-hydrogen) atoms. The predicted octanol–water partition coefficient (Wildman–Crippen LogP) is -0.175. The number of ether oxygens (including phenoxy) is 3. The molecule has 0 aliphatic heterocycles. The number of carboxylic acid groups (broad SMARTS) is 1. The van der Waals surface area contributed by atoms with E-state index in [1.807, 2.05) is 13.8 Å². The maximum absolute atomic E-state index is 11.9. The number of amides is 2. The molecular formula is C22H39N2O8-. The van der Waals surface area contributed by atoms with E-state index in [4.69, 9.17) is 14.2 Å². The van der Waals surface area contributed by atoms with E-state index in [0.29, 0.717) is 26.4 Å². The highest BCUT2D eigenvalue weighted by Gasteiger charge is 2.17. The molecule has 0 fully saturated rings. The number of rotatable bonds is 18. The van der Waals surface area contributed by atoms with Gasteiger partial charge in [0.1, 0.15) is 5.78 Å². The molecule has 0 saturated heterocycles. The third-order valence-corrected chi connectivity index (χ3v) is 4.46. The number of carbonyl (C=O) groups is 4. The van der Waals surface area contributed by atoms with Crippen LogP contribution in [0.2, 0.25) is 0 Å². The van der Waals surface area contributed by atoms with Crippen molar-refractivity contribution in [3.63, 3.8) is 0 Å². The van der Waals surface area contributed by atoms with E-state index in [-0.39, 0.29) is 61.2 Å². The van der Waals surface area contributed by atoms with Crippen LogP contribution in [0.5, 0.6) is 0 Å². The molecule has 0 aromatic rings. The van der Waals surface area contributed by atoms with Crippen LogP contribution in [0.3, 0.4) is 0 Å². The van der Waals surface area contributed by atoms with E-state index >= 15 is 0 Å². The van der Waals surface area contributed by atoms with E-state index in [1.54, 1.807) is 13.8 Å². The minimum atomic E-state index is -1.26. The Morgan fingerprint density at radius 2 is 1.22 bits per heavy atom. The van der Waals surface area contributed by atoms with Crippen molar-refractivity contribution < 1.29 is 38.5 Å². The Labute approximate surface area is 190 Å². The van der Waals surface area contributed by atoms with Crippen LogP contribution in [0.4, 0.5) is 0 Å². The summed E-state index contributed by atoms with van der Waals surface area (Å²) in [5.41, 5.74) is 0. The van der Waals surface area contributed by atoms with Gasteiger partial charge >= 0.3 is 0 Å². The van der Waals surface area contributed by atoms with Crippen LogP contribution in [-0.2, 0) is 33.4 Å². The summed E-state index contributed by atoms with van der Waals surface area (Å²) in [6, 6.07) is -0.447. The number of aliphatic carboxylic acids is 1. The van der Waals surface area contributed by atoms with Gasteiger partial charge in [-0.15, -0.1) is 0 Å². The second kappa shape index (κ2) is 16.6. The van der Waals surface area contributed by atoms with Gasteiger partial charge in [-0.3, -0.25) is 9.59 Å². The zero-order valence-corrected chi connectivity index (χ0v) is 20.1. The lowest BCUT2D eigenvalue weighted by atomic mass is 10.0. The van der Waals surface area contributed by atoms with Crippen LogP contribution >= 0.6 is 0 Å². The Hall–Kier alpha value is -2.04. The first-order chi connectivity index (χ1) is 14.9. The summed E-state index contributed by atoms with van der Waals surface area (Å²) in [6.07, 6.45) is -0.299. The summed E-state index contributed by atoms with van der Waals surface area (Å²) in [6.45, 7) is 11.8. The molecule has 0 aliphatic rings. The maximum atomic E-state index is 11.9. The van der Waals surface area contributed by atoms with Gasteiger partial charge in [-0.2, -0.15) is 0 Å². The molecule has 186 valence electrons. The predicted molar refractivity (Wildman–Crippen MR) is 116 cm³/mol. The fourth-order valence-electron chi connectivity index (χ4n) is 2.70. The minimum Gasteiger partial charge on any atom is -0.550 e. The molecule has 0 aromatic carbocycles. The van der Waals surface area contributed by atoms with Gasteiger partial charge in [-0.1, -0.05) is 13.8 Å². The maximum Gasteiger partial charge on any atom is 0.223 e. The van der Waals surface area contributed by atoms with E-state index in [2.05, 4.69) is 10.6 Å². The third kappa shape index (κ3) is 15.7. The number of carbonyl (C=O) groups excluding carboxylic acids is 4. The van der Waals surface area contributed by atoms with Crippen molar-refractivity contribution in [3.05, 3.63) is 0 Å². The molecule has 0 bridgehead atoms. The standard InChI is InChI=1S/C22H40N2O8/c1-14(9-18(5)25)21(28)23-16(3)11-30-7-8-31-13-19(6)32-12-17(4)24-22(29)15(2)10-20(26)27/h14-17,19H,7-13H2,1-6H3,(H,23,28)(H,24,29)(H,26,27)/p-1. The van der Waals surface area contributed by atoms with Gasteiger partial charge in [0, 0.05) is 36.3 Å². The van der Waals surface area contributed by atoms with Gasteiger partial charge in [-0.25, -0.2) is 0 Å². The average Bonchev–Trinajstić information content (AvgIpc) is 2.67. The summed E-state index contributed by atoms with van der Waals surface area (Å²) < 4.78 is 16.6. The molecule has 5 unspecified atom stereocenters. The number of carboxylic acids is 1. The SMILES string of the molecule is CC(=O)CC(C)C(=O)NC(C)COCCOCC(C)OCC(C)NC(=O)C(C)CC(=O)[O-]. The van der Waals surface area contributed by atoms with Crippen LogP contribution < -0.4 is 15.7 Å². The zero-order chi connectivity index (χ0) is 24.7. The zero-order valence-electron chi connectivity index (χ0n) is 20.1. The number of ketones is 1. The normalized spacial score (nSPS) is 15.8. The summed E-state index contributed by atoms with van der Waals surface area (Å²) in [5, 5.41) is 16.1. The molecule has 0 radical (unpaired) electrons. The van der Waals surface area contributed by atoms with E-state index < -0.39 is 11.9 Å². The van der Waals surface area contributed by atoms with E-state index in [9.17, 15) is 24.3 Å². The van der Waals surface area contributed by atoms with Crippen LogP contribution in [0.25, 0.3) is 0 Å². The summed E-state index contributed by atoms with van der Waals surface area (Å²) in [5.74, 6) is -2.83. The number of hydrogen-bond donors (Lipinski definition) is 2. The van der Waals surface area contributed by atoms with Crippen molar-refractivity contribution in [3.8, 4) is 0 Å². The lowest BCUT2D eigenvalue weighted by Gasteiger charge is -2.20. The summed E-state index contributed by atoms with van der Waals surface area (Å²) in [7, 11) is 0. The second-order valence-electron chi connectivity index (χ2n) is 8.40. The summed E-state index contributed by atoms with van der Waals surface area (Å²) >= 11 is 0. The van der Waals surface area contributed by atoms with Crippen molar-refractivity contribution >= 4 is 23.6 Å². The van der Waals surface area contributed by atoms with Crippen LogP contribution in [-0.4, -0.2) is 74.8 Å². The van der Waals surface area contributed by atoms with Crippen molar-refractivity contribution in [2.24, 2.45) is 11.8 Å². The Morgan fingerprint density at radius 1 is 0.750 bits per heavy atom. The smallest absolute Gasteiger partial charge is 0.223 e. The van der Waals surface area contributed by atoms with Gasteiger partial charge in [-0.05, 0) is 34.1 Å². The van der Waals surface area contributed by atoms with E-state index in [0.717, 1.165) is 0 Å².